The summed E-state index contributed by atoms with van der Waals surface area (Å²) in [7, 11) is 4.42. The van der Waals surface area contributed by atoms with Crippen LogP contribution in [0.25, 0.3) is 0 Å². The van der Waals surface area contributed by atoms with Gasteiger partial charge in [-0.2, -0.15) is 0 Å². The summed E-state index contributed by atoms with van der Waals surface area (Å²) in [5, 5.41) is 0. The van der Waals surface area contributed by atoms with E-state index in [-0.39, 0.29) is 6.23 Å². The summed E-state index contributed by atoms with van der Waals surface area (Å²) >= 11 is 0. The molecule has 166 valence electrons. The summed E-state index contributed by atoms with van der Waals surface area (Å²) in [6.07, 6.45) is 9.34. The molecular formula is C27H42NO2+. The number of rotatable bonds is 15. The molecule has 0 saturated carbocycles. The van der Waals surface area contributed by atoms with E-state index in [1.54, 1.807) is 0 Å². The van der Waals surface area contributed by atoms with Crippen LogP contribution in [0.15, 0.2) is 54.6 Å². The Morgan fingerprint density at radius 3 is 2.13 bits per heavy atom. The highest BCUT2D eigenvalue weighted by atomic mass is 16.5. The molecule has 0 spiro atoms. The third kappa shape index (κ3) is 9.32. The molecule has 0 amide bonds. The monoisotopic (exact) mass is 412 g/mol. The molecule has 0 aliphatic heterocycles. The van der Waals surface area contributed by atoms with E-state index in [0.717, 1.165) is 16.8 Å². The number of hydrogen-bond acceptors (Lipinski definition) is 2. The molecule has 0 N–H and O–H groups in total. The summed E-state index contributed by atoms with van der Waals surface area (Å²) in [6, 6.07) is 19.2. The standard InChI is InChI=1S/C27H42NO2/c1-5-6-7-8-9-11-14-25-17-19-27(20-18-25)30-22-21-29-24(2)28(3,4)23-26-15-12-10-13-16-26/h10,12-13,15-20,24H,5-9,11,14,21-23H2,1-4H3/q+1. The van der Waals surface area contributed by atoms with E-state index in [4.69, 9.17) is 9.47 Å². The van der Waals surface area contributed by atoms with Crippen molar-refractivity contribution in [1.29, 1.82) is 0 Å². The van der Waals surface area contributed by atoms with Gasteiger partial charge in [0.2, 0.25) is 0 Å². The number of unbranched alkanes of at least 4 members (excludes halogenated alkanes) is 5. The lowest BCUT2D eigenvalue weighted by Crippen LogP contribution is -2.48. The van der Waals surface area contributed by atoms with Crippen LogP contribution in [0, 0.1) is 0 Å². The summed E-state index contributed by atoms with van der Waals surface area (Å²) in [5.74, 6) is 0.927. The van der Waals surface area contributed by atoms with Gasteiger partial charge in [-0.25, -0.2) is 0 Å². The summed E-state index contributed by atoms with van der Waals surface area (Å²) in [6.45, 7) is 6.52. The molecule has 0 radical (unpaired) electrons. The summed E-state index contributed by atoms with van der Waals surface area (Å²) < 4.78 is 12.7. The van der Waals surface area contributed by atoms with Gasteiger partial charge in [-0.1, -0.05) is 81.5 Å². The lowest BCUT2D eigenvalue weighted by molar-refractivity contribution is -0.947. The lowest BCUT2D eigenvalue weighted by Gasteiger charge is -2.35. The SMILES string of the molecule is CCCCCCCCc1ccc(OCCOC(C)[N+](C)(C)Cc2ccccc2)cc1. The van der Waals surface area contributed by atoms with Crippen molar-refractivity contribution in [1.82, 2.24) is 0 Å². The Morgan fingerprint density at radius 2 is 1.43 bits per heavy atom. The van der Waals surface area contributed by atoms with Crippen LogP contribution in [0.4, 0.5) is 0 Å². The molecule has 0 aliphatic rings. The van der Waals surface area contributed by atoms with Crippen molar-refractivity contribution < 1.29 is 14.0 Å². The number of aryl methyl sites for hydroxylation is 1. The first-order chi connectivity index (χ1) is 14.5. The molecule has 3 nitrogen and oxygen atoms in total. The number of quaternary nitrogens is 1. The molecule has 0 saturated heterocycles. The third-order valence-electron chi connectivity index (χ3n) is 5.87. The van der Waals surface area contributed by atoms with Crippen LogP contribution >= 0.6 is 0 Å². The molecule has 0 aliphatic carbocycles. The van der Waals surface area contributed by atoms with Gasteiger partial charge in [-0.15, -0.1) is 0 Å². The minimum atomic E-state index is 0.105. The second kappa shape index (κ2) is 13.5. The molecule has 30 heavy (non-hydrogen) atoms. The molecule has 2 rings (SSSR count). The average Bonchev–Trinajstić information content (AvgIpc) is 2.75. The fourth-order valence-corrected chi connectivity index (χ4v) is 3.62. The summed E-state index contributed by atoms with van der Waals surface area (Å²) in [4.78, 5) is 0. The van der Waals surface area contributed by atoms with Crippen molar-refractivity contribution in [2.45, 2.75) is 71.6 Å². The van der Waals surface area contributed by atoms with Crippen molar-refractivity contribution >= 4 is 0 Å². The molecular weight excluding hydrogens is 370 g/mol. The van der Waals surface area contributed by atoms with Gasteiger partial charge in [0, 0.05) is 12.5 Å². The first-order valence-corrected chi connectivity index (χ1v) is 11.7. The smallest absolute Gasteiger partial charge is 0.190 e. The van der Waals surface area contributed by atoms with Crippen molar-refractivity contribution in [3.63, 3.8) is 0 Å². The predicted octanol–water partition coefficient (Wildman–Crippen LogP) is 6.61. The molecule has 0 aromatic heterocycles. The predicted molar refractivity (Wildman–Crippen MR) is 127 cm³/mol. The Kier molecular flexibility index (Phi) is 11.0. The van der Waals surface area contributed by atoms with Crippen molar-refractivity contribution in [3.8, 4) is 5.75 Å². The van der Waals surface area contributed by atoms with E-state index in [0.29, 0.717) is 13.2 Å². The minimum absolute atomic E-state index is 0.105. The summed E-state index contributed by atoms with van der Waals surface area (Å²) in [5.41, 5.74) is 2.73. The zero-order chi connectivity index (χ0) is 21.7. The second-order valence-corrected chi connectivity index (χ2v) is 8.90. The van der Waals surface area contributed by atoms with E-state index in [2.05, 4.69) is 82.5 Å². The fraction of sp³-hybridized carbons (Fsp3) is 0.556. The van der Waals surface area contributed by atoms with Crippen LogP contribution in [0.3, 0.4) is 0 Å². The van der Waals surface area contributed by atoms with Crippen LogP contribution in [0.1, 0.15) is 63.5 Å². The zero-order valence-corrected chi connectivity index (χ0v) is 19.6. The molecule has 2 aromatic rings. The minimum Gasteiger partial charge on any atom is -0.491 e. The van der Waals surface area contributed by atoms with E-state index >= 15 is 0 Å². The maximum atomic E-state index is 6.07. The van der Waals surface area contributed by atoms with Gasteiger partial charge in [-0.3, -0.25) is 4.48 Å². The topological polar surface area (TPSA) is 18.5 Å². The van der Waals surface area contributed by atoms with Gasteiger partial charge in [0.05, 0.1) is 20.7 Å². The Morgan fingerprint density at radius 1 is 0.767 bits per heavy atom. The first kappa shape index (κ1) is 24.4. The van der Waals surface area contributed by atoms with Gasteiger partial charge in [0.25, 0.3) is 0 Å². The third-order valence-corrected chi connectivity index (χ3v) is 5.87. The molecule has 1 atom stereocenters. The van der Waals surface area contributed by atoms with Gasteiger partial charge in [-0.05, 0) is 30.5 Å². The Bertz CT molecular complexity index is 682. The largest absolute Gasteiger partial charge is 0.491 e. The molecule has 0 bridgehead atoms. The van der Waals surface area contributed by atoms with Crippen LogP contribution in [0.5, 0.6) is 5.75 Å². The van der Waals surface area contributed by atoms with Crippen LogP contribution < -0.4 is 4.74 Å². The Balaban J connectivity index is 1.62. The molecule has 3 heteroatoms. The van der Waals surface area contributed by atoms with E-state index in [9.17, 15) is 0 Å². The van der Waals surface area contributed by atoms with Crippen LogP contribution in [-0.2, 0) is 17.7 Å². The highest BCUT2D eigenvalue weighted by Crippen LogP contribution is 2.17. The van der Waals surface area contributed by atoms with E-state index < -0.39 is 0 Å². The number of benzene rings is 2. The maximum Gasteiger partial charge on any atom is 0.190 e. The van der Waals surface area contributed by atoms with Crippen molar-refractivity contribution in [2.24, 2.45) is 0 Å². The van der Waals surface area contributed by atoms with Gasteiger partial charge in [0.15, 0.2) is 6.23 Å². The lowest BCUT2D eigenvalue weighted by atomic mass is 10.0. The molecule has 1 unspecified atom stereocenters. The molecule has 0 fully saturated rings. The second-order valence-electron chi connectivity index (χ2n) is 8.90. The van der Waals surface area contributed by atoms with Crippen LogP contribution in [0.2, 0.25) is 0 Å². The number of ether oxygens (including phenoxy) is 2. The maximum absolute atomic E-state index is 6.07. The quantitative estimate of drug-likeness (QED) is 0.186. The Labute approximate surface area is 184 Å². The van der Waals surface area contributed by atoms with Gasteiger partial charge in [0.1, 0.15) is 18.9 Å². The molecule has 0 heterocycles. The average molecular weight is 413 g/mol. The number of hydrogen-bond donors (Lipinski definition) is 0. The van der Waals surface area contributed by atoms with Gasteiger partial charge < -0.3 is 9.47 Å². The fourth-order valence-electron chi connectivity index (χ4n) is 3.62. The highest BCUT2D eigenvalue weighted by Gasteiger charge is 2.24. The van der Waals surface area contributed by atoms with Gasteiger partial charge >= 0.3 is 0 Å². The van der Waals surface area contributed by atoms with E-state index in [1.165, 1.54) is 56.1 Å². The normalized spacial score (nSPS) is 12.7. The molecule has 2 aromatic carbocycles. The Hall–Kier alpha value is -1.84. The zero-order valence-electron chi connectivity index (χ0n) is 19.6. The van der Waals surface area contributed by atoms with E-state index in [1.807, 2.05) is 0 Å². The number of nitrogens with zero attached hydrogens (tertiary/aromatic N) is 1. The van der Waals surface area contributed by atoms with Crippen LogP contribution in [-0.4, -0.2) is 38.0 Å². The highest BCUT2D eigenvalue weighted by molar-refractivity contribution is 5.27. The van der Waals surface area contributed by atoms with Crippen molar-refractivity contribution in [2.75, 3.05) is 27.3 Å². The first-order valence-electron chi connectivity index (χ1n) is 11.7. The van der Waals surface area contributed by atoms with Crippen molar-refractivity contribution in [3.05, 3.63) is 65.7 Å².